The molecule has 1 unspecified atom stereocenters. The highest BCUT2D eigenvalue weighted by Crippen LogP contribution is 2.21. The third kappa shape index (κ3) is 7.89. The lowest BCUT2D eigenvalue weighted by Gasteiger charge is -2.14. The Labute approximate surface area is 224 Å². The molecule has 3 aromatic rings. The Bertz CT molecular complexity index is 1390. The van der Waals surface area contributed by atoms with E-state index in [1.165, 1.54) is 11.6 Å². The Morgan fingerprint density at radius 1 is 1.13 bits per heavy atom. The number of amides is 1. The van der Waals surface area contributed by atoms with E-state index >= 15 is 0 Å². The number of nitrogens with one attached hydrogen (secondary N) is 3. The minimum Gasteiger partial charge on any atom is -0.364 e. The van der Waals surface area contributed by atoms with Gasteiger partial charge in [-0.25, -0.2) is 9.98 Å². The SMILES string of the molecule is C=CC(=O)Nc1cccc(N/C(N=C)=N/C(C)Nc2ccc3c(cnn3CC3=CC=CCC=C3)c2)c1.CC. The second-order valence-electron chi connectivity index (χ2n) is 8.21. The molecular formula is C30H35N7O. The first-order valence-corrected chi connectivity index (χ1v) is 12.6. The van der Waals surface area contributed by atoms with E-state index in [1.807, 2.05) is 49.8 Å². The van der Waals surface area contributed by atoms with Crippen LogP contribution < -0.4 is 16.0 Å². The number of hydrogen-bond donors (Lipinski definition) is 3. The minimum absolute atomic E-state index is 0.276. The molecule has 1 aromatic heterocycles. The summed E-state index contributed by atoms with van der Waals surface area (Å²) in [6.07, 6.45) is 14.4. The van der Waals surface area contributed by atoms with Crippen molar-refractivity contribution in [2.75, 3.05) is 16.0 Å². The average Bonchev–Trinajstić information content (AvgIpc) is 3.13. The van der Waals surface area contributed by atoms with Crippen molar-refractivity contribution in [3.8, 4) is 0 Å². The third-order valence-corrected chi connectivity index (χ3v) is 5.44. The molecule has 0 spiro atoms. The lowest BCUT2D eigenvalue weighted by Crippen LogP contribution is -2.18. The van der Waals surface area contributed by atoms with Crippen molar-refractivity contribution >= 4 is 46.5 Å². The zero-order chi connectivity index (χ0) is 27.3. The number of anilines is 3. The number of guanidine groups is 1. The average molecular weight is 510 g/mol. The molecule has 1 heterocycles. The zero-order valence-electron chi connectivity index (χ0n) is 22.2. The predicted octanol–water partition coefficient (Wildman–Crippen LogP) is 6.56. The number of aromatic nitrogens is 2. The van der Waals surface area contributed by atoms with Gasteiger partial charge >= 0.3 is 0 Å². The van der Waals surface area contributed by atoms with Gasteiger partial charge in [-0.3, -0.25) is 9.48 Å². The number of fused-ring (bicyclic) bond motifs is 1. The second-order valence-corrected chi connectivity index (χ2v) is 8.21. The number of rotatable bonds is 8. The number of benzene rings is 2. The maximum atomic E-state index is 11.6. The molecule has 0 fully saturated rings. The summed E-state index contributed by atoms with van der Waals surface area (Å²) in [5.41, 5.74) is 4.56. The van der Waals surface area contributed by atoms with Crippen molar-refractivity contribution in [3.05, 3.63) is 97.3 Å². The van der Waals surface area contributed by atoms with Gasteiger partial charge in [0.15, 0.2) is 0 Å². The largest absolute Gasteiger partial charge is 0.364 e. The van der Waals surface area contributed by atoms with Gasteiger partial charge in [0.1, 0.15) is 6.17 Å². The van der Waals surface area contributed by atoms with Crippen molar-refractivity contribution in [3.63, 3.8) is 0 Å². The van der Waals surface area contributed by atoms with Gasteiger partial charge in [0.2, 0.25) is 11.9 Å². The number of hydrogen-bond acceptors (Lipinski definition) is 4. The van der Waals surface area contributed by atoms with Gasteiger partial charge < -0.3 is 16.0 Å². The van der Waals surface area contributed by atoms with Crippen molar-refractivity contribution < 1.29 is 4.79 Å². The summed E-state index contributed by atoms with van der Waals surface area (Å²) in [6, 6.07) is 13.4. The molecule has 0 bridgehead atoms. The van der Waals surface area contributed by atoms with Crippen LogP contribution in [0.15, 0.2) is 107 Å². The number of carbonyl (C=O) groups excluding carboxylic acids is 1. The molecule has 38 heavy (non-hydrogen) atoms. The first kappa shape index (κ1) is 27.9. The van der Waals surface area contributed by atoms with Crippen LogP contribution in [-0.2, 0) is 11.3 Å². The molecule has 8 nitrogen and oxygen atoms in total. The van der Waals surface area contributed by atoms with Crippen LogP contribution in [0, 0.1) is 0 Å². The van der Waals surface area contributed by atoms with Crippen LogP contribution in [0.5, 0.6) is 0 Å². The number of allylic oxidation sites excluding steroid dienone is 6. The van der Waals surface area contributed by atoms with Crippen LogP contribution in [0.1, 0.15) is 27.2 Å². The van der Waals surface area contributed by atoms with Crippen LogP contribution >= 0.6 is 0 Å². The van der Waals surface area contributed by atoms with Crippen LogP contribution in [0.25, 0.3) is 10.9 Å². The van der Waals surface area contributed by atoms with Gasteiger partial charge in [-0.15, -0.1) is 0 Å². The number of aliphatic imine (C=N–C) groups is 2. The third-order valence-electron chi connectivity index (χ3n) is 5.44. The predicted molar refractivity (Wildman–Crippen MR) is 161 cm³/mol. The van der Waals surface area contributed by atoms with Gasteiger partial charge in [-0.05, 0) is 68.1 Å². The molecule has 0 radical (unpaired) electrons. The molecule has 0 saturated carbocycles. The molecule has 1 atom stereocenters. The lowest BCUT2D eigenvalue weighted by molar-refractivity contribution is -0.111. The maximum absolute atomic E-state index is 11.6. The van der Waals surface area contributed by atoms with Gasteiger partial charge in [-0.1, -0.05) is 56.9 Å². The Morgan fingerprint density at radius 2 is 1.92 bits per heavy atom. The van der Waals surface area contributed by atoms with Crippen molar-refractivity contribution in [1.82, 2.24) is 9.78 Å². The van der Waals surface area contributed by atoms with Gasteiger partial charge in [0.25, 0.3) is 0 Å². The molecule has 1 aliphatic rings. The van der Waals surface area contributed by atoms with Crippen molar-refractivity contribution in [1.29, 1.82) is 0 Å². The fraction of sp³-hybridized carbons (Fsp3) is 0.200. The highest BCUT2D eigenvalue weighted by molar-refractivity contribution is 6.00. The highest BCUT2D eigenvalue weighted by atomic mass is 16.1. The van der Waals surface area contributed by atoms with E-state index in [4.69, 9.17) is 0 Å². The maximum Gasteiger partial charge on any atom is 0.247 e. The van der Waals surface area contributed by atoms with E-state index in [-0.39, 0.29) is 12.1 Å². The summed E-state index contributed by atoms with van der Waals surface area (Å²) >= 11 is 0. The molecular weight excluding hydrogens is 474 g/mol. The van der Waals surface area contributed by atoms with E-state index in [0.717, 1.165) is 35.2 Å². The summed E-state index contributed by atoms with van der Waals surface area (Å²) < 4.78 is 2.01. The first-order chi connectivity index (χ1) is 18.5. The summed E-state index contributed by atoms with van der Waals surface area (Å²) in [5, 5.41) is 14.9. The van der Waals surface area contributed by atoms with E-state index < -0.39 is 0 Å². The Hall–Kier alpha value is -4.72. The molecule has 0 saturated heterocycles. The van der Waals surface area contributed by atoms with Crippen LogP contribution in [0.4, 0.5) is 17.1 Å². The molecule has 0 aliphatic heterocycles. The molecule has 1 amide bonds. The zero-order valence-corrected chi connectivity index (χ0v) is 22.2. The van der Waals surface area contributed by atoms with E-state index in [2.05, 4.69) is 86.8 Å². The summed E-state index contributed by atoms with van der Waals surface area (Å²) in [5.74, 6) is 0.0774. The molecule has 4 rings (SSSR count). The number of nitrogens with zero attached hydrogens (tertiary/aromatic N) is 4. The van der Waals surface area contributed by atoms with Crippen LogP contribution in [0.3, 0.4) is 0 Å². The van der Waals surface area contributed by atoms with E-state index in [9.17, 15) is 4.79 Å². The van der Waals surface area contributed by atoms with Gasteiger partial charge in [-0.2, -0.15) is 5.10 Å². The normalized spacial score (nSPS) is 13.4. The quantitative estimate of drug-likeness (QED) is 0.182. The second kappa shape index (κ2) is 14.1. The molecule has 1 aliphatic carbocycles. The van der Waals surface area contributed by atoms with E-state index in [0.29, 0.717) is 11.6 Å². The van der Waals surface area contributed by atoms with Gasteiger partial charge in [0, 0.05) is 22.4 Å². The lowest BCUT2D eigenvalue weighted by atomic mass is 10.2. The highest BCUT2D eigenvalue weighted by Gasteiger charge is 2.08. The Balaban J connectivity index is 0.00000195. The van der Waals surface area contributed by atoms with E-state index in [1.54, 1.807) is 12.1 Å². The molecule has 196 valence electrons. The standard InChI is InChI=1S/C28H29N7O.C2H6/c1-4-27(36)33-23-12-9-13-24(17-23)34-28(29-3)32-20(2)31-25-14-15-26-22(16-25)18-30-35(26)19-21-10-7-5-6-8-11-21;1-2/h4-5,7-18,20,31H,1,3,6,19H2,2H3,(H,32,34)(H,33,36);1-2H3. The molecule has 2 aromatic carbocycles. The minimum atomic E-state index is -0.279. The Morgan fingerprint density at radius 3 is 2.68 bits per heavy atom. The van der Waals surface area contributed by atoms with Crippen LogP contribution in [0.2, 0.25) is 0 Å². The van der Waals surface area contributed by atoms with Crippen molar-refractivity contribution in [2.24, 2.45) is 9.98 Å². The van der Waals surface area contributed by atoms with Crippen LogP contribution in [-0.4, -0.2) is 34.5 Å². The number of carbonyl (C=O) groups is 1. The summed E-state index contributed by atoms with van der Waals surface area (Å²) in [4.78, 5) is 20.1. The summed E-state index contributed by atoms with van der Waals surface area (Å²) in [7, 11) is 0. The monoisotopic (exact) mass is 509 g/mol. The topological polar surface area (TPSA) is 95.7 Å². The molecule has 3 N–H and O–H groups in total. The summed E-state index contributed by atoms with van der Waals surface area (Å²) in [6.45, 7) is 13.7. The molecule has 8 heteroatoms. The Kier molecular flexibility index (Phi) is 10.4. The van der Waals surface area contributed by atoms with Gasteiger partial charge in [0.05, 0.1) is 18.3 Å². The fourth-order valence-corrected chi connectivity index (χ4v) is 3.77. The van der Waals surface area contributed by atoms with Crippen molar-refractivity contribution in [2.45, 2.75) is 39.9 Å². The first-order valence-electron chi connectivity index (χ1n) is 12.6. The fourth-order valence-electron chi connectivity index (χ4n) is 3.77. The smallest absolute Gasteiger partial charge is 0.247 e.